The summed E-state index contributed by atoms with van der Waals surface area (Å²) in [5, 5.41) is 6.48. The normalized spacial score (nSPS) is 21.1. The van der Waals surface area contributed by atoms with E-state index in [9.17, 15) is 4.79 Å². The van der Waals surface area contributed by atoms with Crippen molar-refractivity contribution in [3.63, 3.8) is 0 Å². The second-order valence-electron chi connectivity index (χ2n) is 5.31. The fourth-order valence-electron chi connectivity index (χ4n) is 2.44. The van der Waals surface area contributed by atoms with E-state index in [4.69, 9.17) is 10.3 Å². The molecule has 0 aromatic carbocycles. The number of rotatable bonds is 5. The zero-order valence-corrected chi connectivity index (χ0v) is 12.1. The molecule has 1 unspecified atom stereocenters. The minimum absolute atomic E-state index is 0.0481. The van der Waals surface area contributed by atoms with Crippen molar-refractivity contribution in [1.29, 1.82) is 0 Å². The quantitative estimate of drug-likeness (QED) is 0.783. The zero-order chi connectivity index (χ0) is 14.5. The number of aromatic nitrogens is 1. The highest BCUT2D eigenvalue weighted by Crippen LogP contribution is 2.10. The van der Waals surface area contributed by atoms with Gasteiger partial charge in [-0.3, -0.25) is 9.69 Å². The second-order valence-corrected chi connectivity index (χ2v) is 5.31. The molecule has 1 atom stereocenters. The molecule has 1 saturated heterocycles. The molecule has 1 aliphatic heterocycles. The van der Waals surface area contributed by atoms with Crippen molar-refractivity contribution in [2.75, 3.05) is 45.1 Å². The number of piperazine rings is 1. The van der Waals surface area contributed by atoms with Crippen LogP contribution in [0.2, 0.25) is 0 Å². The zero-order valence-electron chi connectivity index (χ0n) is 12.1. The van der Waals surface area contributed by atoms with Gasteiger partial charge in [0.1, 0.15) is 5.76 Å². The number of likely N-dealkylation sites (N-methyl/N-ethyl adjacent to an activating group) is 1. The molecule has 2 rings (SSSR count). The third-order valence-electron chi connectivity index (χ3n) is 3.60. The van der Waals surface area contributed by atoms with Gasteiger partial charge in [-0.15, -0.1) is 0 Å². The molecule has 7 nitrogen and oxygen atoms in total. The van der Waals surface area contributed by atoms with Crippen molar-refractivity contribution >= 4 is 11.7 Å². The molecule has 1 amide bonds. The van der Waals surface area contributed by atoms with Gasteiger partial charge in [0, 0.05) is 51.3 Å². The molecule has 112 valence electrons. The highest BCUT2D eigenvalue weighted by molar-refractivity contribution is 5.89. The molecule has 0 spiro atoms. The van der Waals surface area contributed by atoms with Crippen molar-refractivity contribution in [2.24, 2.45) is 5.73 Å². The number of nitrogens with zero attached hydrogens (tertiary/aromatic N) is 3. The third kappa shape index (κ3) is 4.03. The number of carbonyl (C=O) groups is 1. The van der Waals surface area contributed by atoms with Crippen molar-refractivity contribution in [1.82, 2.24) is 15.0 Å². The summed E-state index contributed by atoms with van der Waals surface area (Å²) < 4.78 is 4.91. The summed E-state index contributed by atoms with van der Waals surface area (Å²) in [6, 6.07) is 2.03. The molecule has 1 aliphatic rings. The van der Waals surface area contributed by atoms with Crippen molar-refractivity contribution in [3.8, 4) is 0 Å². The minimum atomic E-state index is -0.0481. The minimum Gasteiger partial charge on any atom is -0.360 e. The molecule has 1 aromatic rings. The average molecular weight is 281 g/mol. The summed E-state index contributed by atoms with van der Waals surface area (Å²) in [5.74, 6) is 1.11. The number of amides is 1. The Labute approximate surface area is 119 Å². The van der Waals surface area contributed by atoms with Crippen molar-refractivity contribution in [3.05, 3.63) is 11.8 Å². The van der Waals surface area contributed by atoms with Gasteiger partial charge in [0.05, 0.1) is 0 Å². The topological polar surface area (TPSA) is 87.6 Å². The Bertz CT molecular complexity index is 448. The lowest BCUT2D eigenvalue weighted by Gasteiger charge is -2.39. The predicted octanol–water partition coefficient (Wildman–Crippen LogP) is -0.114. The summed E-state index contributed by atoms with van der Waals surface area (Å²) in [4.78, 5) is 16.4. The molecule has 0 saturated carbocycles. The number of nitrogens with one attached hydrogen (secondary N) is 1. The number of carbonyl (C=O) groups excluding carboxylic acids is 1. The van der Waals surface area contributed by atoms with Gasteiger partial charge >= 0.3 is 0 Å². The SMILES string of the molecule is Cc1cc(NC(=O)CCN2CCN(C)CC2CN)no1. The van der Waals surface area contributed by atoms with Crippen LogP contribution >= 0.6 is 0 Å². The van der Waals surface area contributed by atoms with Gasteiger partial charge in [-0.05, 0) is 14.0 Å². The van der Waals surface area contributed by atoms with Gasteiger partial charge in [0.15, 0.2) is 5.82 Å². The third-order valence-corrected chi connectivity index (χ3v) is 3.60. The van der Waals surface area contributed by atoms with Crippen LogP contribution in [0.1, 0.15) is 12.2 Å². The highest BCUT2D eigenvalue weighted by Gasteiger charge is 2.24. The number of nitrogens with two attached hydrogens (primary N) is 1. The maximum Gasteiger partial charge on any atom is 0.226 e. The first-order valence-electron chi connectivity index (χ1n) is 6.94. The average Bonchev–Trinajstić information content (AvgIpc) is 2.82. The van der Waals surface area contributed by atoms with Gasteiger partial charge in [-0.2, -0.15) is 0 Å². The largest absolute Gasteiger partial charge is 0.360 e. The Kier molecular flexibility index (Phi) is 5.11. The maximum absolute atomic E-state index is 11.9. The first-order valence-corrected chi connectivity index (χ1v) is 6.94. The number of hydrogen-bond donors (Lipinski definition) is 2. The first kappa shape index (κ1) is 15.0. The molecule has 0 bridgehead atoms. The van der Waals surface area contributed by atoms with Crippen LogP contribution < -0.4 is 11.1 Å². The predicted molar refractivity (Wildman–Crippen MR) is 76.4 cm³/mol. The molecule has 2 heterocycles. The highest BCUT2D eigenvalue weighted by atomic mass is 16.5. The van der Waals surface area contributed by atoms with Crippen LogP contribution in [0.15, 0.2) is 10.6 Å². The van der Waals surface area contributed by atoms with Crippen LogP contribution in [-0.2, 0) is 4.79 Å². The number of anilines is 1. The molecule has 3 N–H and O–H groups in total. The van der Waals surface area contributed by atoms with E-state index in [1.165, 1.54) is 0 Å². The van der Waals surface area contributed by atoms with E-state index in [1.54, 1.807) is 13.0 Å². The molecule has 20 heavy (non-hydrogen) atoms. The summed E-state index contributed by atoms with van der Waals surface area (Å²) in [6.07, 6.45) is 0.437. The fourth-order valence-corrected chi connectivity index (χ4v) is 2.44. The van der Waals surface area contributed by atoms with E-state index in [0.29, 0.717) is 30.6 Å². The van der Waals surface area contributed by atoms with Crippen LogP contribution in [0.4, 0.5) is 5.82 Å². The fraction of sp³-hybridized carbons (Fsp3) is 0.692. The number of aryl methyl sites for hydroxylation is 1. The Hall–Kier alpha value is -1.44. The van der Waals surface area contributed by atoms with Crippen LogP contribution in [0.5, 0.6) is 0 Å². The molecule has 7 heteroatoms. The van der Waals surface area contributed by atoms with E-state index in [-0.39, 0.29) is 5.91 Å². The van der Waals surface area contributed by atoms with Crippen LogP contribution in [0.25, 0.3) is 0 Å². The Morgan fingerprint density at radius 1 is 1.60 bits per heavy atom. The second kappa shape index (κ2) is 6.83. The summed E-state index contributed by atoms with van der Waals surface area (Å²) in [6.45, 7) is 6.06. The van der Waals surface area contributed by atoms with Gasteiger partial charge in [-0.1, -0.05) is 5.16 Å². The maximum atomic E-state index is 11.9. The Morgan fingerprint density at radius 2 is 2.40 bits per heavy atom. The van der Waals surface area contributed by atoms with E-state index < -0.39 is 0 Å². The summed E-state index contributed by atoms with van der Waals surface area (Å²) >= 11 is 0. The monoisotopic (exact) mass is 281 g/mol. The molecular weight excluding hydrogens is 258 g/mol. The van der Waals surface area contributed by atoms with Gasteiger partial charge < -0.3 is 20.5 Å². The Morgan fingerprint density at radius 3 is 3.05 bits per heavy atom. The molecule has 1 fully saturated rings. The van der Waals surface area contributed by atoms with E-state index in [1.807, 2.05) is 0 Å². The van der Waals surface area contributed by atoms with Crippen molar-refractivity contribution < 1.29 is 9.32 Å². The first-order chi connectivity index (χ1) is 9.58. The van der Waals surface area contributed by atoms with Crippen LogP contribution in [-0.4, -0.2) is 66.7 Å². The molecular formula is C13H23N5O2. The summed E-state index contributed by atoms with van der Waals surface area (Å²) in [5.41, 5.74) is 5.80. The molecule has 0 radical (unpaired) electrons. The lowest BCUT2D eigenvalue weighted by Crippen LogP contribution is -2.55. The lowest BCUT2D eigenvalue weighted by atomic mass is 10.1. The van der Waals surface area contributed by atoms with Gasteiger partial charge in [0.2, 0.25) is 5.91 Å². The van der Waals surface area contributed by atoms with Gasteiger partial charge in [0.25, 0.3) is 0 Å². The molecule has 0 aliphatic carbocycles. The smallest absolute Gasteiger partial charge is 0.226 e. The van der Waals surface area contributed by atoms with Crippen LogP contribution in [0.3, 0.4) is 0 Å². The number of hydrogen-bond acceptors (Lipinski definition) is 6. The molecule has 1 aromatic heterocycles. The lowest BCUT2D eigenvalue weighted by molar-refractivity contribution is -0.116. The van der Waals surface area contributed by atoms with E-state index in [2.05, 4.69) is 27.3 Å². The Balaban J connectivity index is 1.77. The summed E-state index contributed by atoms with van der Waals surface area (Å²) in [7, 11) is 2.10. The van der Waals surface area contributed by atoms with Crippen molar-refractivity contribution in [2.45, 2.75) is 19.4 Å². The van der Waals surface area contributed by atoms with E-state index >= 15 is 0 Å². The van der Waals surface area contributed by atoms with Crippen LogP contribution in [0, 0.1) is 6.92 Å². The van der Waals surface area contributed by atoms with E-state index in [0.717, 1.165) is 26.2 Å². The van der Waals surface area contributed by atoms with Gasteiger partial charge in [-0.25, -0.2) is 0 Å². The standard InChI is InChI=1S/C13H23N5O2/c1-10-7-12(16-20-10)15-13(19)3-4-18-6-5-17(2)9-11(18)8-14/h7,11H,3-6,8-9,14H2,1-2H3,(H,15,16,19).